The molecule has 0 unspecified atom stereocenters. The lowest BCUT2D eigenvalue weighted by molar-refractivity contribution is 0.293. The number of unbranched alkanes of at least 4 members (excludes halogenated alkanes) is 1. The van der Waals surface area contributed by atoms with Crippen LogP contribution in [0.15, 0.2) is 24.8 Å². The third kappa shape index (κ3) is 5.34. The third-order valence-corrected chi connectivity index (χ3v) is 3.08. The van der Waals surface area contributed by atoms with Crippen molar-refractivity contribution in [2.75, 3.05) is 40.5 Å². The average Bonchev–Trinajstić information content (AvgIpc) is 2.96. The summed E-state index contributed by atoms with van der Waals surface area (Å²) in [5, 5.41) is 0. The van der Waals surface area contributed by atoms with Crippen LogP contribution in [0.25, 0.3) is 0 Å². The Kier molecular flexibility index (Phi) is 6.47. The largest absolute Gasteiger partial charge is 0.362 e. The molecule has 0 fully saturated rings. The van der Waals surface area contributed by atoms with E-state index in [-0.39, 0.29) is 0 Å². The Labute approximate surface area is 112 Å². The van der Waals surface area contributed by atoms with Crippen LogP contribution in [-0.4, -0.2) is 60.1 Å². The molecule has 0 amide bonds. The van der Waals surface area contributed by atoms with Crippen LogP contribution in [0.4, 0.5) is 0 Å². The molecular formula is C14H28N4. The molecule has 0 saturated carbocycles. The summed E-state index contributed by atoms with van der Waals surface area (Å²) in [6, 6.07) is 0. The van der Waals surface area contributed by atoms with E-state index in [1.165, 1.54) is 19.4 Å². The molecule has 0 atom stereocenters. The smallest absolute Gasteiger partial charge is 0.0890 e. The van der Waals surface area contributed by atoms with Crippen molar-refractivity contribution in [1.29, 1.82) is 0 Å². The van der Waals surface area contributed by atoms with Gasteiger partial charge < -0.3 is 19.6 Å². The molecule has 0 aromatic carbocycles. The Morgan fingerprint density at radius 3 is 1.72 bits per heavy atom. The van der Waals surface area contributed by atoms with Crippen LogP contribution in [0, 0.1) is 0 Å². The lowest BCUT2D eigenvalue weighted by Crippen LogP contribution is -2.23. The van der Waals surface area contributed by atoms with Gasteiger partial charge in [0, 0.05) is 52.0 Å². The third-order valence-electron chi connectivity index (χ3n) is 3.08. The van der Waals surface area contributed by atoms with E-state index >= 15 is 0 Å². The van der Waals surface area contributed by atoms with Crippen molar-refractivity contribution in [3.63, 3.8) is 0 Å². The van der Waals surface area contributed by atoms with Crippen molar-refractivity contribution in [1.82, 2.24) is 19.6 Å². The number of hydrogen-bond acceptors (Lipinski definition) is 4. The highest BCUT2D eigenvalue weighted by atomic mass is 15.3. The summed E-state index contributed by atoms with van der Waals surface area (Å²) in [5.74, 6) is 0. The predicted octanol–water partition coefficient (Wildman–Crippen LogP) is 2.15. The van der Waals surface area contributed by atoms with E-state index in [1.807, 2.05) is 0 Å². The molecule has 4 nitrogen and oxygen atoms in total. The first-order chi connectivity index (χ1) is 8.65. The standard InChI is InChI=1S/C8H16N2.C6H12N2/c1-3-4-5-10-7-6-9(2)8-10;1-3-8-5-4-7(2)6-8/h6-7H,3-5,8H2,1-2H3;4-5H,3,6H2,1-2H3. The fraction of sp³-hybridized carbons (Fsp3) is 0.714. The van der Waals surface area contributed by atoms with Crippen LogP contribution in [0.2, 0.25) is 0 Å². The topological polar surface area (TPSA) is 13.0 Å². The first-order valence-corrected chi connectivity index (χ1v) is 6.91. The van der Waals surface area contributed by atoms with Crippen LogP contribution in [0.3, 0.4) is 0 Å². The van der Waals surface area contributed by atoms with Gasteiger partial charge in [-0.2, -0.15) is 0 Å². The zero-order chi connectivity index (χ0) is 13.4. The van der Waals surface area contributed by atoms with E-state index in [0.29, 0.717) is 0 Å². The molecule has 2 heterocycles. The Morgan fingerprint density at radius 1 is 0.833 bits per heavy atom. The molecule has 18 heavy (non-hydrogen) atoms. The maximum atomic E-state index is 2.34. The normalized spacial score (nSPS) is 17.6. The quantitative estimate of drug-likeness (QED) is 0.760. The lowest BCUT2D eigenvalue weighted by atomic mass is 10.3. The summed E-state index contributed by atoms with van der Waals surface area (Å²) in [6.45, 7) is 8.82. The van der Waals surface area contributed by atoms with Gasteiger partial charge in [-0.1, -0.05) is 13.3 Å². The molecule has 0 aromatic heterocycles. The molecule has 0 spiro atoms. The predicted molar refractivity (Wildman–Crippen MR) is 77.5 cm³/mol. The molecule has 2 aliphatic heterocycles. The minimum absolute atomic E-state index is 1.05. The summed E-state index contributed by atoms with van der Waals surface area (Å²) in [4.78, 5) is 8.93. The highest BCUT2D eigenvalue weighted by Crippen LogP contribution is 2.04. The van der Waals surface area contributed by atoms with Crippen molar-refractivity contribution in [3.8, 4) is 0 Å². The maximum Gasteiger partial charge on any atom is 0.0890 e. The number of nitrogens with zero attached hydrogens (tertiary/aromatic N) is 4. The molecular weight excluding hydrogens is 224 g/mol. The number of rotatable bonds is 4. The summed E-state index contributed by atoms with van der Waals surface area (Å²) in [6.07, 6.45) is 11.1. The zero-order valence-electron chi connectivity index (χ0n) is 12.3. The first-order valence-electron chi connectivity index (χ1n) is 6.91. The fourth-order valence-corrected chi connectivity index (χ4v) is 1.89. The Bertz CT molecular complexity index is 275. The van der Waals surface area contributed by atoms with Gasteiger partial charge in [0.1, 0.15) is 0 Å². The van der Waals surface area contributed by atoms with Crippen molar-refractivity contribution in [2.45, 2.75) is 26.7 Å². The molecule has 0 N–H and O–H groups in total. The van der Waals surface area contributed by atoms with Crippen LogP contribution in [-0.2, 0) is 0 Å². The van der Waals surface area contributed by atoms with E-state index < -0.39 is 0 Å². The minimum atomic E-state index is 1.05. The molecule has 2 rings (SSSR count). The van der Waals surface area contributed by atoms with E-state index in [4.69, 9.17) is 0 Å². The maximum absolute atomic E-state index is 2.34. The summed E-state index contributed by atoms with van der Waals surface area (Å²) >= 11 is 0. The molecule has 0 radical (unpaired) electrons. The zero-order valence-corrected chi connectivity index (χ0v) is 12.3. The Hall–Kier alpha value is -1.32. The van der Waals surface area contributed by atoms with Gasteiger partial charge in [0.2, 0.25) is 0 Å². The molecule has 0 aliphatic carbocycles. The summed E-state index contributed by atoms with van der Waals surface area (Å²) in [5.41, 5.74) is 0. The second kappa shape index (κ2) is 7.90. The van der Waals surface area contributed by atoms with Crippen molar-refractivity contribution in [2.24, 2.45) is 0 Å². The highest BCUT2D eigenvalue weighted by molar-refractivity contribution is 4.88. The van der Waals surface area contributed by atoms with E-state index in [9.17, 15) is 0 Å². The van der Waals surface area contributed by atoms with Crippen LogP contribution in [0.1, 0.15) is 26.7 Å². The van der Waals surface area contributed by atoms with Gasteiger partial charge in [0.15, 0.2) is 0 Å². The van der Waals surface area contributed by atoms with E-state index in [1.54, 1.807) is 0 Å². The van der Waals surface area contributed by atoms with Gasteiger partial charge in [-0.05, 0) is 13.3 Å². The summed E-state index contributed by atoms with van der Waals surface area (Å²) < 4.78 is 0. The minimum Gasteiger partial charge on any atom is -0.362 e. The average molecular weight is 252 g/mol. The van der Waals surface area contributed by atoms with Crippen molar-refractivity contribution in [3.05, 3.63) is 24.8 Å². The van der Waals surface area contributed by atoms with Gasteiger partial charge >= 0.3 is 0 Å². The highest BCUT2D eigenvalue weighted by Gasteiger charge is 2.05. The SMILES string of the molecule is CCCCN1C=CN(C)C1.CCN1C=CN(C)C1. The van der Waals surface area contributed by atoms with Crippen LogP contribution in [0.5, 0.6) is 0 Å². The van der Waals surface area contributed by atoms with Crippen LogP contribution < -0.4 is 0 Å². The van der Waals surface area contributed by atoms with Gasteiger partial charge in [0.05, 0.1) is 13.3 Å². The molecule has 4 heteroatoms. The fourth-order valence-electron chi connectivity index (χ4n) is 1.89. The lowest BCUT2D eigenvalue weighted by Gasteiger charge is -2.17. The van der Waals surface area contributed by atoms with Gasteiger partial charge in [-0.15, -0.1) is 0 Å². The summed E-state index contributed by atoms with van der Waals surface area (Å²) in [7, 11) is 4.18. The molecule has 0 saturated heterocycles. The molecule has 104 valence electrons. The van der Waals surface area contributed by atoms with Crippen molar-refractivity contribution < 1.29 is 0 Å². The van der Waals surface area contributed by atoms with E-state index in [2.05, 4.69) is 72.3 Å². The van der Waals surface area contributed by atoms with Crippen molar-refractivity contribution >= 4 is 0 Å². The molecule has 0 aromatic rings. The van der Waals surface area contributed by atoms with Crippen LogP contribution >= 0.6 is 0 Å². The second-order valence-corrected chi connectivity index (χ2v) is 4.96. The number of hydrogen-bond donors (Lipinski definition) is 0. The monoisotopic (exact) mass is 252 g/mol. The molecule has 0 bridgehead atoms. The Morgan fingerprint density at radius 2 is 1.39 bits per heavy atom. The van der Waals surface area contributed by atoms with Gasteiger partial charge in [-0.3, -0.25) is 0 Å². The van der Waals surface area contributed by atoms with E-state index in [0.717, 1.165) is 19.9 Å². The van der Waals surface area contributed by atoms with Gasteiger partial charge in [0.25, 0.3) is 0 Å². The second-order valence-electron chi connectivity index (χ2n) is 4.96. The van der Waals surface area contributed by atoms with Gasteiger partial charge in [-0.25, -0.2) is 0 Å². The molecule has 2 aliphatic rings. The Balaban J connectivity index is 0.000000184. The first kappa shape index (κ1) is 14.7.